The first-order valence-electron chi connectivity index (χ1n) is 11.2. The molecule has 1 aromatic carbocycles. The average Bonchev–Trinajstić information content (AvgIpc) is 3.28. The molecule has 176 valence electrons. The number of halogens is 1. The fraction of sp³-hybridized carbons (Fsp3) is 0.333. The molecule has 10 heteroatoms. The quantitative estimate of drug-likeness (QED) is 0.576. The van der Waals surface area contributed by atoms with Crippen molar-refractivity contribution in [2.45, 2.75) is 26.0 Å². The van der Waals surface area contributed by atoms with E-state index in [-0.39, 0.29) is 24.4 Å². The minimum Gasteiger partial charge on any atom is -0.472 e. The summed E-state index contributed by atoms with van der Waals surface area (Å²) in [4.78, 5) is 29.2. The van der Waals surface area contributed by atoms with Gasteiger partial charge in [0.15, 0.2) is 5.82 Å². The predicted octanol–water partition coefficient (Wildman–Crippen LogP) is 2.98. The fourth-order valence-electron chi connectivity index (χ4n) is 4.18. The van der Waals surface area contributed by atoms with Gasteiger partial charge in [0.2, 0.25) is 17.7 Å². The van der Waals surface area contributed by atoms with E-state index in [1.165, 1.54) is 12.1 Å². The van der Waals surface area contributed by atoms with Crippen LogP contribution in [0.2, 0.25) is 0 Å². The van der Waals surface area contributed by atoms with E-state index in [4.69, 9.17) is 4.74 Å². The SMILES string of the molecule is Cc1nc(NCc2ccc(OC3CCN(c4ccc(F)cc4)C3)nc2)nc2c1NC(=O)CN2C. The monoisotopic (exact) mass is 463 g/mol. The van der Waals surface area contributed by atoms with Crippen LogP contribution in [0, 0.1) is 12.7 Å². The normalized spacial score (nSPS) is 17.4. The number of hydrogen-bond donors (Lipinski definition) is 2. The van der Waals surface area contributed by atoms with Gasteiger partial charge < -0.3 is 25.2 Å². The van der Waals surface area contributed by atoms with Gasteiger partial charge in [-0.1, -0.05) is 6.07 Å². The Bertz CT molecular complexity index is 1190. The summed E-state index contributed by atoms with van der Waals surface area (Å²) in [5.41, 5.74) is 3.32. The van der Waals surface area contributed by atoms with Gasteiger partial charge in [-0.05, 0) is 36.8 Å². The van der Waals surface area contributed by atoms with Crippen LogP contribution in [0.5, 0.6) is 5.88 Å². The van der Waals surface area contributed by atoms with E-state index in [0.717, 1.165) is 30.8 Å². The maximum absolute atomic E-state index is 13.2. The number of fused-ring (bicyclic) bond motifs is 1. The number of pyridine rings is 1. The molecule has 2 N–H and O–H groups in total. The maximum Gasteiger partial charge on any atom is 0.244 e. The summed E-state index contributed by atoms with van der Waals surface area (Å²) >= 11 is 0. The highest BCUT2D eigenvalue weighted by atomic mass is 19.1. The first kappa shape index (κ1) is 21.9. The second kappa shape index (κ2) is 9.12. The van der Waals surface area contributed by atoms with Crippen LogP contribution in [0.1, 0.15) is 17.7 Å². The summed E-state index contributed by atoms with van der Waals surface area (Å²) < 4.78 is 19.2. The third-order valence-corrected chi connectivity index (χ3v) is 5.95. The molecule has 1 unspecified atom stereocenters. The Morgan fingerprint density at radius 1 is 1.21 bits per heavy atom. The Morgan fingerprint density at radius 2 is 2.03 bits per heavy atom. The van der Waals surface area contributed by atoms with E-state index in [2.05, 4.69) is 30.5 Å². The van der Waals surface area contributed by atoms with Crippen molar-refractivity contribution in [1.82, 2.24) is 15.0 Å². The molecule has 5 rings (SSSR count). The number of amides is 1. The third kappa shape index (κ3) is 4.70. The molecule has 1 atom stereocenters. The number of carbonyl (C=O) groups excluding carboxylic acids is 1. The molecule has 4 heterocycles. The molecule has 2 aliphatic heterocycles. The highest BCUT2D eigenvalue weighted by Gasteiger charge is 2.25. The highest BCUT2D eigenvalue weighted by molar-refractivity contribution is 6.00. The lowest BCUT2D eigenvalue weighted by Crippen LogP contribution is -2.36. The van der Waals surface area contributed by atoms with Crippen molar-refractivity contribution in [2.24, 2.45) is 0 Å². The first-order valence-corrected chi connectivity index (χ1v) is 11.2. The number of aryl methyl sites for hydroxylation is 1. The highest BCUT2D eigenvalue weighted by Crippen LogP contribution is 2.30. The molecular weight excluding hydrogens is 437 g/mol. The lowest BCUT2D eigenvalue weighted by Gasteiger charge is -2.27. The van der Waals surface area contributed by atoms with E-state index in [1.54, 1.807) is 18.3 Å². The zero-order valence-electron chi connectivity index (χ0n) is 19.1. The van der Waals surface area contributed by atoms with Gasteiger partial charge in [0, 0.05) is 44.5 Å². The molecule has 1 amide bonds. The number of anilines is 4. The number of likely N-dealkylation sites (N-methyl/N-ethyl adjacent to an activating group) is 1. The van der Waals surface area contributed by atoms with Crippen molar-refractivity contribution < 1.29 is 13.9 Å². The summed E-state index contributed by atoms with van der Waals surface area (Å²) in [7, 11) is 1.83. The van der Waals surface area contributed by atoms with Crippen LogP contribution >= 0.6 is 0 Å². The molecule has 9 nitrogen and oxygen atoms in total. The number of nitrogens with zero attached hydrogens (tertiary/aromatic N) is 5. The van der Waals surface area contributed by atoms with Crippen LogP contribution in [-0.4, -0.2) is 53.6 Å². The minimum atomic E-state index is -0.233. The molecule has 34 heavy (non-hydrogen) atoms. The molecule has 0 saturated carbocycles. The predicted molar refractivity (Wildman–Crippen MR) is 128 cm³/mol. The van der Waals surface area contributed by atoms with Gasteiger partial charge in [-0.3, -0.25) is 4.79 Å². The Morgan fingerprint density at radius 3 is 2.79 bits per heavy atom. The van der Waals surface area contributed by atoms with Crippen LogP contribution in [0.4, 0.5) is 27.5 Å². The van der Waals surface area contributed by atoms with Crippen molar-refractivity contribution in [1.29, 1.82) is 0 Å². The van der Waals surface area contributed by atoms with Crippen LogP contribution < -0.4 is 25.2 Å². The van der Waals surface area contributed by atoms with Crippen LogP contribution in [0.25, 0.3) is 0 Å². The van der Waals surface area contributed by atoms with Gasteiger partial charge in [0.1, 0.15) is 17.6 Å². The van der Waals surface area contributed by atoms with E-state index >= 15 is 0 Å². The topological polar surface area (TPSA) is 95.5 Å². The number of aromatic nitrogens is 3. The number of hydrogen-bond acceptors (Lipinski definition) is 8. The van der Waals surface area contributed by atoms with E-state index in [1.807, 2.05) is 31.0 Å². The molecule has 1 fully saturated rings. The van der Waals surface area contributed by atoms with E-state index < -0.39 is 0 Å². The van der Waals surface area contributed by atoms with Crippen molar-refractivity contribution in [3.05, 3.63) is 59.7 Å². The molecule has 2 aromatic heterocycles. The maximum atomic E-state index is 13.2. The standard InChI is InChI=1S/C24H26FN7O2/c1-15-22-23(31(2)14-20(33)29-22)30-24(28-15)27-12-16-3-8-21(26-11-16)34-19-9-10-32(13-19)18-6-4-17(25)5-7-18/h3-8,11,19H,9-10,12-14H2,1-2H3,(H,29,33)(H,27,28,30). The number of benzene rings is 1. The number of rotatable bonds is 6. The molecule has 2 aliphatic rings. The Kier molecular flexibility index (Phi) is 5.87. The minimum absolute atomic E-state index is 0.0332. The smallest absolute Gasteiger partial charge is 0.244 e. The van der Waals surface area contributed by atoms with Gasteiger partial charge in [0.05, 0.1) is 18.8 Å². The van der Waals surface area contributed by atoms with Crippen molar-refractivity contribution in [3.8, 4) is 5.88 Å². The summed E-state index contributed by atoms with van der Waals surface area (Å²) in [6.07, 6.45) is 2.68. The second-order valence-corrected chi connectivity index (χ2v) is 8.54. The van der Waals surface area contributed by atoms with E-state index in [0.29, 0.717) is 35.6 Å². The van der Waals surface area contributed by atoms with Crippen LogP contribution in [-0.2, 0) is 11.3 Å². The Hall–Kier alpha value is -3.95. The van der Waals surface area contributed by atoms with Crippen molar-refractivity contribution >= 4 is 29.0 Å². The summed E-state index contributed by atoms with van der Waals surface area (Å²) in [5, 5.41) is 6.06. The number of ether oxygens (including phenoxy) is 1. The third-order valence-electron chi connectivity index (χ3n) is 5.95. The van der Waals surface area contributed by atoms with E-state index in [9.17, 15) is 9.18 Å². The number of nitrogens with one attached hydrogen (secondary N) is 2. The molecule has 1 saturated heterocycles. The van der Waals surface area contributed by atoms with Gasteiger partial charge in [-0.2, -0.15) is 4.98 Å². The zero-order valence-corrected chi connectivity index (χ0v) is 19.1. The van der Waals surface area contributed by atoms with Gasteiger partial charge in [-0.25, -0.2) is 14.4 Å². The fourth-order valence-corrected chi connectivity index (χ4v) is 4.18. The lowest BCUT2D eigenvalue weighted by atomic mass is 10.2. The average molecular weight is 464 g/mol. The Labute approximate surface area is 197 Å². The van der Waals surface area contributed by atoms with Gasteiger partial charge >= 0.3 is 0 Å². The van der Waals surface area contributed by atoms with Crippen molar-refractivity contribution in [2.75, 3.05) is 47.1 Å². The molecule has 0 bridgehead atoms. The largest absolute Gasteiger partial charge is 0.472 e. The molecule has 3 aromatic rings. The number of carbonyl (C=O) groups is 1. The molecule has 0 radical (unpaired) electrons. The van der Waals surface area contributed by atoms with Gasteiger partial charge in [-0.15, -0.1) is 0 Å². The first-order chi connectivity index (χ1) is 16.4. The molecule has 0 spiro atoms. The van der Waals surface area contributed by atoms with Crippen LogP contribution in [0.15, 0.2) is 42.6 Å². The lowest BCUT2D eigenvalue weighted by molar-refractivity contribution is -0.115. The summed E-state index contributed by atoms with van der Waals surface area (Å²) in [6.45, 7) is 4.21. The molecule has 0 aliphatic carbocycles. The summed E-state index contributed by atoms with van der Waals surface area (Å²) in [6, 6.07) is 10.4. The molecular formula is C24H26FN7O2. The van der Waals surface area contributed by atoms with Crippen molar-refractivity contribution in [3.63, 3.8) is 0 Å². The zero-order chi connectivity index (χ0) is 23.7. The van der Waals surface area contributed by atoms with Gasteiger partial charge in [0.25, 0.3) is 0 Å². The van der Waals surface area contributed by atoms with Crippen LogP contribution in [0.3, 0.4) is 0 Å². The summed E-state index contributed by atoms with van der Waals surface area (Å²) in [5.74, 6) is 1.46. The second-order valence-electron chi connectivity index (χ2n) is 8.54. The Balaban J connectivity index is 1.16.